The van der Waals surface area contributed by atoms with E-state index in [1.165, 1.54) is 75.5 Å². The van der Waals surface area contributed by atoms with Crippen molar-refractivity contribution in [2.75, 3.05) is 13.6 Å². The average molecular weight is 393 g/mol. The van der Waals surface area contributed by atoms with E-state index in [0.29, 0.717) is 6.42 Å². The van der Waals surface area contributed by atoms with Crippen LogP contribution in [-0.2, 0) is 9.59 Å². The molecule has 1 amide bonds. The maximum absolute atomic E-state index is 11.7. The van der Waals surface area contributed by atoms with E-state index in [1.807, 2.05) is 0 Å². The first-order valence-corrected chi connectivity index (χ1v) is 10.2. The SMILES string of the molecule is CCCCCC/C=C\CCCCCCCCCC(=O)N(C)CC(=O)O.[K]. The molecule has 0 aliphatic carbocycles. The third-order valence-corrected chi connectivity index (χ3v) is 4.45. The van der Waals surface area contributed by atoms with Crippen LogP contribution in [-0.4, -0.2) is 86.9 Å². The van der Waals surface area contributed by atoms with E-state index < -0.39 is 5.97 Å². The summed E-state index contributed by atoms with van der Waals surface area (Å²) in [5.41, 5.74) is 0. The fourth-order valence-corrected chi connectivity index (χ4v) is 2.83. The van der Waals surface area contributed by atoms with Crippen LogP contribution in [0.15, 0.2) is 12.2 Å². The molecule has 0 aromatic rings. The van der Waals surface area contributed by atoms with Crippen molar-refractivity contribution in [1.29, 1.82) is 0 Å². The Balaban J connectivity index is 0. The second-order valence-corrected chi connectivity index (χ2v) is 6.98. The van der Waals surface area contributed by atoms with Gasteiger partial charge in [-0.2, -0.15) is 0 Å². The van der Waals surface area contributed by atoms with Crippen LogP contribution >= 0.6 is 0 Å². The first-order chi connectivity index (χ1) is 12.1. The van der Waals surface area contributed by atoms with Gasteiger partial charge in [0, 0.05) is 64.9 Å². The summed E-state index contributed by atoms with van der Waals surface area (Å²) >= 11 is 0. The maximum Gasteiger partial charge on any atom is 0.323 e. The van der Waals surface area contributed by atoms with Gasteiger partial charge in [0.25, 0.3) is 0 Å². The van der Waals surface area contributed by atoms with Crippen molar-refractivity contribution in [3.63, 3.8) is 0 Å². The van der Waals surface area contributed by atoms with Crippen molar-refractivity contribution in [3.05, 3.63) is 12.2 Å². The summed E-state index contributed by atoms with van der Waals surface area (Å²) in [5.74, 6) is -1.02. The van der Waals surface area contributed by atoms with Crippen molar-refractivity contribution in [2.24, 2.45) is 0 Å². The molecule has 0 atom stereocenters. The second kappa shape index (κ2) is 21.6. The van der Waals surface area contributed by atoms with E-state index in [2.05, 4.69) is 19.1 Å². The zero-order chi connectivity index (χ0) is 18.8. The Hall–Kier alpha value is 0.316. The van der Waals surface area contributed by atoms with Crippen molar-refractivity contribution < 1.29 is 14.7 Å². The van der Waals surface area contributed by atoms with E-state index in [4.69, 9.17) is 5.11 Å². The molecule has 0 heterocycles. The van der Waals surface area contributed by atoms with Crippen LogP contribution in [0.1, 0.15) is 96.8 Å². The Bertz CT molecular complexity index is 372. The molecule has 0 spiro atoms. The molecule has 0 rings (SSSR count). The number of carbonyl (C=O) groups excluding carboxylic acids is 1. The number of rotatable bonds is 17. The van der Waals surface area contributed by atoms with Crippen LogP contribution in [0, 0.1) is 0 Å². The number of aliphatic carboxylic acids is 1. The van der Waals surface area contributed by atoms with Gasteiger partial charge >= 0.3 is 5.97 Å². The number of amides is 1. The van der Waals surface area contributed by atoms with E-state index in [1.54, 1.807) is 7.05 Å². The Morgan fingerprint density at radius 1 is 0.808 bits per heavy atom. The maximum atomic E-state index is 11.7. The van der Waals surface area contributed by atoms with E-state index >= 15 is 0 Å². The molecule has 0 aliphatic heterocycles. The van der Waals surface area contributed by atoms with Crippen LogP contribution in [0.2, 0.25) is 0 Å². The van der Waals surface area contributed by atoms with Gasteiger partial charge in [0.2, 0.25) is 5.91 Å². The number of allylic oxidation sites excluding steroid dienone is 2. The molecule has 0 aromatic carbocycles. The molecule has 147 valence electrons. The molecule has 0 aliphatic rings. The quantitative estimate of drug-likeness (QED) is 0.211. The van der Waals surface area contributed by atoms with Gasteiger partial charge in [-0.05, 0) is 32.1 Å². The van der Waals surface area contributed by atoms with Crippen LogP contribution in [0.3, 0.4) is 0 Å². The van der Waals surface area contributed by atoms with Crippen molar-refractivity contribution in [1.82, 2.24) is 4.90 Å². The summed E-state index contributed by atoms with van der Waals surface area (Å²) in [6.07, 6.45) is 21.1. The topological polar surface area (TPSA) is 57.6 Å². The van der Waals surface area contributed by atoms with E-state index in [0.717, 1.165) is 12.8 Å². The molecule has 4 nitrogen and oxygen atoms in total. The van der Waals surface area contributed by atoms with Gasteiger partial charge in [0.15, 0.2) is 0 Å². The van der Waals surface area contributed by atoms with Gasteiger partial charge in [-0.1, -0.05) is 70.4 Å². The standard InChI is InChI=1S/C21H39NO3.K/c1-3-4-5-6-7-8-9-10-11-12-13-14-15-16-17-18-20(23)22(2)19-21(24)25;/h8-9H,3-7,10-19H2,1-2H3,(H,24,25);/b9-8-;. The molecule has 0 unspecified atom stereocenters. The number of nitrogens with zero attached hydrogens (tertiary/aromatic N) is 1. The predicted molar refractivity (Wildman–Crippen MR) is 110 cm³/mol. The van der Waals surface area contributed by atoms with Gasteiger partial charge in [-0.25, -0.2) is 0 Å². The van der Waals surface area contributed by atoms with Crippen molar-refractivity contribution in [3.8, 4) is 0 Å². The minimum Gasteiger partial charge on any atom is -0.480 e. The third-order valence-electron chi connectivity index (χ3n) is 4.45. The Morgan fingerprint density at radius 3 is 1.77 bits per heavy atom. The zero-order valence-electron chi connectivity index (χ0n) is 17.5. The van der Waals surface area contributed by atoms with Gasteiger partial charge in [0.1, 0.15) is 6.54 Å². The molecule has 0 saturated heterocycles. The van der Waals surface area contributed by atoms with Crippen LogP contribution in [0.5, 0.6) is 0 Å². The summed E-state index contributed by atoms with van der Waals surface area (Å²) < 4.78 is 0. The monoisotopic (exact) mass is 392 g/mol. The van der Waals surface area contributed by atoms with Crippen LogP contribution in [0.25, 0.3) is 0 Å². The summed E-state index contributed by atoms with van der Waals surface area (Å²) in [5, 5.41) is 8.64. The summed E-state index contributed by atoms with van der Waals surface area (Å²) in [6.45, 7) is 2.04. The molecule has 26 heavy (non-hydrogen) atoms. The number of hydrogen-bond donors (Lipinski definition) is 1. The summed E-state index contributed by atoms with van der Waals surface area (Å²) in [7, 11) is 1.55. The van der Waals surface area contributed by atoms with E-state index in [9.17, 15) is 9.59 Å². The van der Waals surface area contributed by atoms with Gasteiger partial charge < -0.3 is 10.0 Å². The fraction of sp³-hybridized carbons (Fsp3) is 0.810. The number of carboxylic acid groups (broad SMARTS) is 1. The van der Waals surface area contributed by atoms with Gasteiger partial charge in [-0.3, -0.25) is 9.59 Å². The van der Waals surface area contributed by atoms with Crippen molar-refractivity contribution >= 4 is 63.3 Å². The van der Waals surface area contributed by atoms with Crippen LogP contribution in [0.4, 0.5) is 0 Å². The largest absolute Gasteiger partial charge is 0.480 e. The van der Waals surface area contributed by atoms with E-state index in [-0.39, 0.29) is 63.8 Å². The molecule has 1 radical (unpaired) electrons. The molecule has 0 aromatic heterocycles. The third kappa shape index (κ3) is 20.6. The molecule has 0 bridgehead atoms. The molecule has 5 heteroatoms. The number of unbranched alkanes of at least 4 members (excludes halogenated alkanes) is 11. The molecule has 0 saturated carbocycles. The predicted octanol–water partition coefficient (Wildman–Crippen LogP) is 5.19. The summed E-state index contributed by atoms with van der Waals surface area (Å²) in [4.78, 5) is 23.5. The average Bonchev–Trinajstić information content (AvgIpc) is 2.57. The number of hydrogen-bond acceptors (Lipinski definition) is 2. The second-order valence-electron chi connectivity index (χ2n) is 6.98. The minimum absolute atomic E-state index is 0. The normalized spacial score (nSPS) is 10.7. The summed E-state index contributed by atoms with van der Waals surface area (Å²) in [6, 6.07) is 0. The Morgan fingerprint density at radius 2 is 1.27 bits per heavy atom. The number of carbonyl (C=O) groups is 2. The fourth-order valence-electron chi connectivity index (χ4n) is 2.83. The van der Waals surface area contributed by atoms with Crippen LogP contribution < -0.4 is 0 Å². The Kier molecular flexibility index (Phi) is 23.7. The van der Waals surface area contributed by atoms with Crippen molar-refractivity contribution in [2.45, 2.75) is 96.8 Å². The molecule has 1 N–H and O–H groups in total. The molecule has 0 fully saturated rings. The first kappa shape index (κ1) is 28.5. The number of likely N-dealkylation sites (N-methyl/N-ethyl adjacent to an activating group) is 1. The van der Waals surface area contributed by atoms with Gasteiger partial charge in [0.05, 0.1) is 0 Å². The zero-order valence-corrected chi connectivity index (χ0v) is 20.6. The smallest absolute Gasteiger partial charge is 0.323 e. The first-order valence-electron chi connectivity index (χ1n) is 10.2. The Labute approximate surface area is 203 Å². The minimum atomic E-state index is -0.956. The number of carboxylic acids is 1. The molecular formula is C21H39KNO3. The molecular weight excluding hydrogens is 353 g/mol. The van der Waals surface area contributed by atoms with Gasteiger partial charge in [-0.15, -0.1) is 0 Å².